The molecule has 3 fully saturated rings. The number of anilines is 1. The molecule has 3 N–H and O–H groups in total. The van der Waals surface area contributed by atoms with Crippen LogP contribution in [0.15, 0.2) is 48.5 Å². The van der Waals surface area contributed by atoms with E-state index in [4.69, 9.17) is 11.6 Å². The fourth-order valence-electron chi connectivity index (χ4n) is 6.92. The molecule has 3 amide bonds. The molecule has 2 bridgehead atoms. The Morgan fingerprint density at radius 2 is 1.87 bits per heavy atom. The third kappa shape index (κ3) is 4.54. The molecule has 7 atom stereocenters. The van der Waals surface area contributed by atoms with E-state index in [0.717, 1.165) is 17.5 Å². The highest BCUT2D eigenvalue weighted by Crippen LogP contribution is 2.69. The largest absolute Gasteiger partial charge is 0.394 e. The van der Waals surface area contributed by atoms with Gasteiger partial charge in [0.25, 0.3) is 0 Å². The number of likely N-dealkylation sites (tertiary alicyclic amines) is 1. The maximum absolute atomic E-state index is 14.3. The van der Waals surface area contributed by atoms with Crippen molar-refractivity contribution in [3.8, 4) is 0 Å². The van der Waals surface area contributed by atoms with Crippen LogP contribution in [0.1, 0.15) is 38.3 Å². The number of aliphatic hydroxyl groups is 1. The van der Waals surface area contributed by atoms with Crippen LogP contribution in [0.25, 0.3) is 0 Å². The number of benzene rings is 2. The van der Waals surface area contributed by atoms with Gasteiger partial charge in [0.05, 0.1) is 39.9 Å². The number of nitrogens with one attached hydrogen (secondary N) is 2. The Balaban J connectivity index is 1.52. The molecule has 1 spiro atoms. The van der Waals surface area contributed by atoms with Gasteiger partial charge >= 0.3 is 0 Å². The first-order chi connectivity index (χ1) is 18.6. The summed E-state index contributed by atoms with van der Waals surface area (Å²) in [6.45, 7) is 7.93. The molecule has 0 radical (unpaired) electrons. The van der Waals surface area contributed by atoms with E-state index in [1.165, 1.54) is 0 Å². The smallest absolute Gasteiger partial charge is 0.248 e. The maximum atomic E-state index is 14.3. The van der Waals surface area contributed by atoms with E-state index in [-0.39, 0.29) is 41.4 Å². The Morgan fingerprint density at radius 1 is 1.15 bits per heavy atom. The molecule has 3 unspecified atom stereocenters. The van der Waals surface area contributed by atoms with Crippen molar-refractivity contribution in [3.63, 3.8) is 0 Å². The van der Waals surface area contributed by atoms with Gasteiger partial charge in [-0.3, -0.25) is 14.4 Å². The first kappa shape index (κ1) is 28.0. The molecule has 7 nitrogen and oxygen atoms in total. The van der Waals surface area contributed by atoms with Gasteiger partial charge in [-0.15, -0.1) is 11.8 Å². The van der Waals surface area contributed by atoms with Crippen LogP contribution in [0.2, 0.25) is 5.02 Å². The molecule has 0 saturated carbocycles. The number of aliphatic hydroxyl groups excluding tert-OH is 1. The van der Waals surface area contributed by atoms with Crippen molar-refractivity contribution in [2.75, 3.05) is 11.9 Å². The van der Waals surface area contributed by atoms with Crippen molar-refractivity contribution >= 4 is 46.8 Å². The summed E-state index contributed by atoms with van der Waals surface area (Å²) >= 11 is 8.08. The van der Waals surface area contributed by atoms with Crippen LogP contribution < -0.4 is 10.6 Å². The molecule has 2 aromatic carbocycles. The van der Waals surface area contributed by atoms with Crippen LogP contribution in [0, 0.1) is 30.6 Å². The lowest BCUT2D eigenvalue weighted by atomic mass is 9.66. The van der Waals surface area contributed by atoms with Crippen molar-refractivity contribution in [1.29, 1.82) is 0 Å². The molecule has 2 aromatic rings. The fraction of sp³-hybridized carbons (Fsp3) is 0.500. The Labute approximate surface area is 239 Å². The number of fused-ring (bicyclic) bond motifs is 1. The second-order valence-corrected chi connectivity index (χ2v) is 13.4. The minimum Gasteiger partial charge on any atom is -0.394 e. The summed E-state index contributed by atoms with van der Waals surface area (Å²) in [6, 6.07) is 13.7. The topological polar surface area (TPSA) is 98.7 Å². The fourth-order valence-corrected chi connectivity index (χ4v) is 9.60. The van der Waals surface area contributed by atoms with Crippen molar-refractivity contribution in [2.45, 2.75) is 62.7 Å². The van der Waals surface area contributed by atoms with Crippen LogP contribution in [0.5, 0.6) is 0 Å². The van der Waals surface area contributed by atoms with E-state index in [1.807, 2.05) is 63.2 Å². The third-order valence-corrected chi connectivity index (χ3v) is 11.2. The van der Waals surface area contributed by atoms with Gasteiger partial charge in [0.15, 0.2) is 0 Å². The van der Waals surface area contributed by atoms with Crippen molar-refractivity contribution in [2.24, 2.45) is 23.7 Å². The monoisotopic (exact) mass is 569 g/mol. The molecule has 0 aliphatic carbocycles. The predicted octanol–water partition coefficient (Wildman–Crippen LogP) is 4.26. The lowest BCUT2D eigenvalue weighted by Gasteiger charge is -2.41. The lowest BCUT2D eigenvalue weighted by molar-refractivity contribution is -0.143. The standard InChI is InChI=1S/C30H36ClN3O4S/c1-16(2)21(15-35)34-26(28(37)33-25-17(3)9-8-12-20(25)31)30-18(4)13-22(39-30)23(24(30)29(34)38)27(36)32-14-19-10-6-5-7-11-19/h5-12,16,18,21-24,26,35H,13-15H2,1-4H3,(H,32,36)(H,33,37)/t18?,21-,22+,23-,24-,26?,30?/m0/s1. The summed E-state index contributed by atoms with van der Waals surface area (Å²) in [7, 11) is 0. The average Bonchev–Trinajstić information content (AvgIpc) is 3.50. The van der Waals surface area contributed by atoms with Crippen LogP contribution >= 0.6 is 23.4 Å². The van der Waals surface area contributed by atoms with Crippen LogP contribution in [-0.2, 0) is 20.9 Å². The number of nitrogens with zero attached hydrogens (tertiary/aromatic N) is 1. The minimum absolute atomic E-state index is 0.0271. The van der Waals surface area contributed by atoms with Gasteiger partial charge in [-0.25, -0.2) is 0 Å². The minimum atomic E-state index is -0.845. The maximum Gasteiger partial charge on any atom is 0.248 e. The van der Waals surface area contributed by atoms with Gasteiger partial charge in [-0.05, 0) is 42.4 Å². The van der Waals surface area contributed by atoms with Crippen LogP contribution in [-0.4, -0.2) is 56.4 Å². The zero-order valence-electron chi connectivity index (χ0n) is 22.7. The van der Waals surface area contributed by atoms with Gasteiger partial charge in [-0.1, -0.05) is 74.8 Å². The summed E-state index contributed by atoms with van der Waals surface area (Å²) in [5.74, 6) is -1.96. The molecule has 9 heteroatoms. The Bertz CT molecular complexity index is 1250. The number of carbonyl (C=O) groups excluding carboxylic acids is 3. The van der Waals surface area contributed by atoms with Gasteiger partial charge in [0, 0.05) is 11.8 Å². The van der Waals surface area contributed by atoms with Crippen molar-refractivity contribution in [3.05, 3.63) is 64.7 Å². The molecule has 3 aliphatic rings. The summed E-state index contributed by atoms with van der Waals surface area (Å²) < 4.78 is -0.780. The highest BCUT2D eigenvalue weighted by Gasteiger charge is 2.76. The van der Waals surface area contributed by atoms with Gasteiger partial charge < -0.3 is 20.6 Å². The van der Waals surface area contributed by atoms with Crippen LogP contribution in [0.3, 0.4) is 0 Å². The predicted molar refractivity (Wildman–Crippen MR) is 154 cm³/mol. The number of carbonyl (C=O) groups is 3. The summed E-state index contributed by atoms with van der Waals surface area (Å²) in [5.41, 5.74) is 2.32. The summed E-state index contributed by atoms with van der Waals surface area (Å²) in [6.07, 6.45) is 0.742. The number of hydrogen-bond donors (Lipinski definition) is 3. The number of halogens is 1. The number of aryl methyl sites for hydroxylation is 1. The number of rotatable bonds is 8. The van der Waals surface area contributed by atoms with Crippen LogP contribution in [0.4, 0.5) is 5.69 Å². The average molecular weight is 570 g/mol. The normalized spacial score (nSPS) is 30.0. The highest BCUT2D eigenvalue weighted by molar-refractivity contribution is 8.02. The molecule has 39 heavy (non-hydrogen) atoms. The first-order valence-corrected chi connectivity index (χ1v) is 14.9. The second-order valence-electron chi connectivity index (χ2n) is 11.4. The van der Waals surface area contributed by atoms with Crippen molar-refractivity contribution < 1.29 is 19.5 Å². The second kappa shape index (κ2) is 10.8. The van der Waals surface area contributed by atoms with E-state index in [2.05, 4.69) is 17.6 Å². The summed E-state index contributed by atoms with van der Waals surface area (Å²) in [5, 5.41) is 16.9. The van der Waals surface area contributed by atoms with Gasteiger partial charge in [0.2, 0.25) is 17.7 Å². The number of amides is 3. The van der Waals surface area contributed by atoms with E-state index in [9.17, 15) is 19.5 Å². The molecule has 3 saturated heterocycles. The number of thioether (sulfide) groups is 1. The quantitative estimate of drug-likeness (QED) is 0.441. The molecule has 0 aromatic heterocycles. The number of para-hydroxylation sites is 1. The zero-order valence-corrected chi connectivity index (χ0v) is 24.3. The Morgan fingerprint density at radius 3 is 2.51 bits per heavy atom. The van der Waals surface area contributed by atoms with Gasteiger partial charge in [-0.2, -0.15) is 0 Å². The zero-order chi connectivity index (χ0) is 28.1. The third-order valence-electron chi connectivity index (χ3n) is 8.83. The molecule has 3 heterocycles. The summed E-state index contributed by atoms with van der Waals surface area (Å²) in [4.78, 5) is 43.8. The molecular weight excluding hydrogens is 534 g/mol. The van der Waals surface area contributed by atoms with E-state index in [0.29, 0.717) is 17.3 Å². The highest BCUT2D eigenvalue weighted by atomic mass is 35.5. The Hall–Kier alpha value is -2.55. The van der Waals surface area contributed by atoms with E-state index in [1.54, 1.807) is 22.7 Å². The number of hydrogen-bond acceptors (Lipinski definition) is 5. The SMILES string of the molecule is Cc1cccc(Cl)c1NC(=O)C1N([C@@H](CO)C(C)C)C(=O)[C@@H]2[C@@H](C(=O)NCc3ccccc3)[C@H]3CC(C)C12S3. The van der Waals surface area contributed by atoms with E-state index < -0.39 is 28.7 Å². The van der Waals surface area contributed by atoms with E-state index >= 15 is 0 Å². The first-order valence-electron chi connectivity index (χ1n) is 13.6. The molecule has 208 valence electrons. The van der Waals surface area contributed by atoms with Crippen molar-refractivity contribution in [1.82, 2.24) is 10.2 Å². The lowest BCUT2D eigenvalue weighted by Crippen LogP contribution is -2.58. The Kier molecular flexibility index (Phi) is 7.74. The van der Waals surface area contributed by atoms with Gasteiger partial charge in [0.1, 0.15) is 6.04 Å². The molecular formula is C30H36ClN3O4S. The molecule has 5 rings (SSSR count). The molecule has 3 aliphatic heterocycles.